The van der Waals surface area contributed by atoms with Crippen LogP contribution < -0.4 is 5.32 Å². The van der Waals surface area contributed by atoms with Crippen molar-refractivity contribution in [2.75, 3.05) is 0 Å². The van der Waals surface area contributed by atoms with E-state index in [1.165, 1.54) is 5.56 Å². The maximum atomic E-state index is 12.1. The number of aryl methyl sites for hydroxylation is 1. The highest BCUT2D eigenvalue weighted by Gasteiger charge is 2.22. The van der Waals surface area contributed by atoms with Crippen LogP contribution in [0.1, 0.15) is 47.4 Å². The van der Waals surface area contributed by atoms with Crippen LogP contribution in [-0.4, -0.2) is 21.7 Å². The molecular formula is C22H26N2O2. The second-order valence-corrected chi connectivity index (χ2v) is 6.91. The van der Waals surface area contributed by atoms with E-state index in [-0.39, 0.29) is 0 Å². The first-order chi connectivity index (χ1) is 12.5. The molecule has 0 saturated heterocycles. The molecule has 26 heavy (non-hydrogen) atoms. The highest BCUT2D eigenvalue weighted by molar-refractivity contribution is 5.98. The zero-order valence-corrected chi connectivity index (χ0v) is 15.6. The largest absolute Gasteiger partial charge is 0.477 e. The lowest BCUT2D eigenvalue weighted by atomic mass is 10.1. The van der Waals surface area contributed by atoms with Crippen molar-refractivity contribution in [2.45, 2.75) is 46.3 Å². The normalized spacial score (nSPS) is 12.4. The Morgan fingerprint density at radius 3 is 2.50 bits per heavy atom. The summed E-state index contributed by atoms with van der Waals surface area (Å²) in [6, 6.07) is 16.5. The third kappa shape index (κ3) is 3.65. The fourth-order valence-electron chi connectivity index (χ4n) is 3.26. The molecule has 1 heterocycles. The monoisotopic (exact) mass is 350 g/mol. The molecule has 4 heteroatoms. The Hall–Kier alpha value is -2.59. The molecule has 0 radical (unpaired) electrons. The van der Waals surface area contributed by atoms with Crippen molar-refractivity contribution < 1.29 is 9.90 Å². The molecule has 3 aromatic rings. The van der Waals surface area contributed by atoms with Gasteiger partial charge in [-0.25, -0.2) is 4.79 Å². The van der Waals surface area contributed by atoms with E-state index in [0.29, 0.717) is 24.8 Å². The fraction of sp³-hybridized carbons (Fsp3) is 0.318. The van der Waals surface area contributed by atoms with Crippen LogP contribution in [0.3, 0.4) is 0 Å². The number of hydrogen-bond acceptors (Lipinski definition) is 2. The first-order valence-electron chi connectivity index (χ1n) is 9.13. The zero-order valence-electron chi connectivity index (χ0n) is 15.6. The quantitative estimate of drug-likeness (QED) is 0.655. The van der Waals surface area contributed by atoms with Crippen molar-refractivity contribution in [3.8, 4) is 0 Å². The van der Waals surface area contributed by atoms with Crippen molar-refractivity contribution in [1.82, 2.24) is 9.88 Å². The Balaban J connectivity index is 2.10. The Kier molecular flexibility index (Phi) is 5.43. The van der Waals surface area contributed by atoms with E-state index in [2.05, 4.69) is 50.4 Å². The maximum absolute atomic E-state index is 12.1. The molecule has 0 fully saturated rings. The van der Waals surface area contributed by atoms with E-state index in [1.54, 1.807) is 0 Å². The molecule has 0 aliphatic carbocycles. The second-order valence-electron chi connectivity index (χ2n) is 6.91. The number of nitrogens with zero attached hydrogens (tertiary/aromatic N) is 1. The number of para-hydroxylation sites is 1. The van der Waals surface area contributed by atoms with E-state index in [1.807, 2.05) is 28.8 Å². The van der Waals surface area contributed by atoms with Crippen molar-refractivity contribution in [3.63, 3.8) is 0 Å². The standard InChI is InChI=1S/C22H26N2O2/c1-4-16(3)23-13-19-18-7-5-6-8-20(18)24(21(19)22(25)26)14-17-11-9-15(2)10-12-17/h5-12,16,23H,4,13-14H2,1-3H3,(H,25,26). The molecule has 0 amide bonds. The lowest BCUT2D eigenvalue weighted by Crippen LogP contribution is -2.25. The Bertz CT molecular complexity index is 910. The molecule has 0 aliphatic heterocycles. The molecule has 4 nitrogen and oxygen atoms in total. The van der Waals surface area contributed by atoms with Crippen LogP contribution in [0.4, 0.5) is 0 Å². The summed E-state index contributed by atoms with van der Waals surface area (Å²) in [5.41, 5.74) is 4.50. The van der Waals surface area contributed by atoms with Gasteiger partial charge >= 0.3 is 5.97 Å². The summed E-state index contributed by atoms with van der Waals surface area (Å²) in [6.45, 7) is 7.39. The highest BCUT2D eigenvalue weighted by atomic mass is 16.4. The first-order valence-corrected chi connectivity index (χ1v) is 9.13. The number of nitrogens with one attached hydrogen (secondary N) is 1. The second kappa shape index (κ2) is 7.75. The predicted molar refractivity (Wildman–Crippen MR) is 106 cm³/mol. The molecule has 2 N–H and O–H groups in total. The van der Waals surface area contributed by atoms with Gasteiger partial charge in [0.1, 0.15) is 5.69 Å². The number of carbonyl (C=O) groups is 1. The van der Waals surface area contributed by atoms with Crippen LogP contribution >= 0.6 is 0 Å². The molecule has 3 rings (SSSR count). The summed E-state index contributed by atoms with van der Waals surface area (Å²) in [4.78, 5) is 12.1. The molecular weight excluding hydrogens is 324 g/mol. The van der Waals surface area contributed by atoms with E-state index in [4.69, 9.17) is 0 Å². The number of aromatic nitrogens is 1. The molecule has 1 aromatic heterocycles. The van der Waals surface area contributed by atoms with Crippen LogP contribution in [0.5, 0.6) is 0 Å². The van der Waals surface area contributed by atoms with Crippen molar-refractivity contribution in [3.05, 3.63) is 70.9 Å². The van der Waals surface area contributed by atoms with Gasteiger partial charge in [0.2, 0.25) is 0 Å². The highest BCUT2D eigenvalue weighted by Crippen LogP contribution is 2.28. The van der Waals surface area contributed by atoms with Crippen molar-refractivity contribution >= 4 is 16.9 Å². The van der Waals surface area contributed by atoms with E-state index >= 15 is 0 Å². The van der Waals surface area contributed by atoms with Crippen LogP contribution in [0.15, 0.2) is 48.5 Å². The Labute approximate surface area is 154 Å². The summed E-state index contributed by atoms with van der Waals surface area (Å²) in [6.07, 6.45) is 1.00. The number of carboxylic acids is 1. The Morgan fingerprint density at radius 1 is 1.15 bits per heavy atom. The topological polar surface area (TPSA) is 54.3 Å². The lowest BCUT2D eigenvalue weighted by Gasteiger charge is -2.12. The maximum Gasteiger partial charge on any atom is 0.352 e. The van der Waals surface area contributed by atoms with E-state index in [0.717, 1.165) is 28.5 Å². The molecule has 0 saturated carbocycles. The SMILES string of the molecule is CCC(C)NCc1c(C(=O)O)n(Cc2ccc(C)cc2)c2ccccc12. The third-order valence-electron chi connectivity index (χ3n) is 4.98. The van der Waals surface area contributed by atoms with Gasteiger partial charge in [0.15, 0.2) is 0 Å². The number of hydrogen-bond donors (Lipinski definition) is 2. The van der Waals surface area contributed by atoms with Crippen molar-refractivity contribution in [1.29, 1.82) is 0 Å². The number of aromatic carboxylic acids is 1. The van der Waals surface area contributed by atoms with Gasteiger partial charge in [0.05, 0.1) is 0 Å². The van der Waals surface area contributed by atoms with Crippen LogP contribution in [0.2, 0.25) is 0 Å². The van der Waals surface area contributed by atoms with Gasteiger partial charge in [0.25, 0.3) is 0 Å². The number of benzene rings is 2. The zero-order chi connectivity index (χ0) is 18.7. The van der Waals surface area contributed by atoms with Gasteiger partial charge in [0, 0.05) is 35.6 Å². The summed E-state index contributed by atoms with van der Waals surface area (Å²) in [5, 5.41) is 14.4. The van der Waals surface area contributed by atoms with Gasteiger partial charge in [-0.05, 0) is 31.9 Å². The third-order valence-corrected chi connectivity index (χ3v) is 4.98. The van der Waals surface area contributed by atoms with Gasteiger partial charge in [-0.1, -0.05) is 55.0 Å². The minimum atomic E-state index is -0.880. The minimum absolute atomic E-state index is 0.343. The number of fused-ring (bicyclic) bond motifs is 1. The smallest absolute Gasteiger partial charge is 0.352 e. The van der Waals surface area contributed by atoms with Gasteiger partial charge < -0.3 is 15.0 Å². The first kappa shape index (κ1) is 18.2. The van der Waals surface area contributed by atoms with E-state index < -0.39 is 5.97 Å². The fourth-order valence-corrected chi connectivity index (χ4v) is 3.26. The lowest BCUT2D eigenvalue weighted by molar-refractivity contribution is 0.0684. The summed E-state index contributed by atoms with van der Waals surface area (Å²) in [5.74, 6) is -0.880. The molecule has 136 valence electrons. The average molecular weight is 350 g/mol. The number of rotatable bonds is 7. The van der Waals surface area contributed by atoms with Crippen molar-refractivity contribution in [2.24, 2.45) is 0 Å². The molecule has 0 aliphatic rings. The number of carboxylic acid groups (broad SMARTS) is 1. The minimum Gasteiger partial charge on any atom is -0.477 e. The van der Waals surface area contributed by atoms with E-state index in [9.17, 15) is 9.90 Å². The average Bonchev–Trinajstić information content (AvgIpc) is 2.95. The van der Waals surface area contributed by atoms with Crippen LogP contribution in [0.25, 0.3) is 10.9 Å². The molecule has 0 spiro atoms. The molecule has 1 atom stereocenters. The van der Waals surface area contributed by atoms with Gasteiger partial charge in [-0.15, -0.1) is 0 Å². The Morgan fingerprint density at radius 2 is 1.85 bits per heavy atom. The van der Waals surface area contributed by atoms with Gasteiger partial charge in [-0.2, -0.15) is 0 Å². The molecule has 2 aromatic carbocycles. The predicted octanol–water partition coefficient (Wildman–Crippen LogP) is 4.58. The summed E-state index contributed by atoms with van der Waals surface area (Å²) < 4.78 is 1.93. The molecule has 1 unspecified atom stereocenters. The molecule has 0 bridgehead atoms. The van der Waals surface area contributed by atoms with Gasteiger partial charge in [-0.3, -0.25) is 0 Å². The van der Waals surface area contributed by atoms with Crippen LogP contribution in [0, 0.1) is 6.92 Å². The summed E-state index contributed by atoms with van der Waals surface area (Å²) in [7, 11) is 0. The summed E-state index contributed by atoms with van der Waals surface area (Å²) >= 11 is 0. The van der Waals surface area contributed by atoms with Crippen LogP contribution in [-0.2, 0) is 13.1 Å².